The smallest absolute Gasteiger partial charge is 0.253 e. The first-order valence-electron chi connectivity index (χ1n) is 8.25. The van der Waals surface area contributed by atoms with Crippen LogP contribution in [0.5, 0.6) is 0 Å². The third kappa shape index (κ3) is 2.59. The Morgan fingerprint density at radius 3 is 2.92 bits per heavy atom. The molecular formula is C20H20N2O2. The summed E-state index contributed by atoms with van der Waals surface area (Å²) in [6.07, 6.45) is 2.74. The minimum absolute atomic E-state index is 0.0570. The lowest BCUT2D eigenvalue weighted by molar-refractivity contribution is 0.0412. The highest BCUT2D eigenvalue weighted by Gasteiger charge is 2.22. The van der Waals surface area contributed by atoms with E-state index in [2.05, 4.69) is 23.5 Å². The Balaban J connectivity index is 1.53. The molecule has 24 heavy (non-hydrogen) atoms. The number of amides is 1. The van der Waals surface area contributed by atoms with Crippen LogP contribution < -0.4 is 5.32 Å². The summed E-state index contributed by atoms with van der Waals surface area (Å²) in [4.78, 5) is 12.6. The zero-order valence-corrected chi connectivity index (χ0v) is 13.7. The van der Waals surface area contributed by atoms with Gasteiger partial charge in [0.25, 0.3) is 5.91 Å². The molecule has 0 spiro atoms. The number of hydrogen-bond acceptors (Lipinski definition) is 2. The van der Waals surface area contributed by atoms with Crippen LogP contribution in [-0.2, 0) is 18.2 Å². The summed E-state index contributed by atoms with van der Waals surface area (Å²) in [6, 6.07) is 16.2. The van der Waals surface area contributed by atoms with Gasteiger partial charge in [0.15, 0.2) is 0 Å². The van der Waals surface area contributed by atoms with Crippen LogP contribution >= 0.6 is 0 Å². The first-order valence-corrected chi connectivity index (χ1v) is 8.25. The topological polar surface area (TPSA) is 43.3 Å². The number of nitrogens with one attached hydrogen (secondary N) is 1. The third-order valence-electron chi connectivity index (χ3n) is 4.68. The molecule has 1 amide bonds. The van der Waals surface area contributed by atoms with Gasteiger partial charge in [0.05, 0.1) is 12.2 Å². The van der Waals surface area contributed by atoms with Crippen LogP contribution in [0, 0.1) is 0 Å². The van der Waals surface area contributed by atoms with Crippen molar-refractivity contribution in [2.24, 2.45) is 7.05 Å². The number of para-hydroxylation sites is 1. The van der Waals surface area contributed by atoms with Gasteiger partial charge >= 0.3 is 0 Å². The molecule has 1 atom stereocenters. The summed E-state index contributed by atoms with van der Waals surface area (Å²) in [6.45, 7) is 1.19. The van der Waals surface area contributed by atoms with Crippen molar-refractivity contribution in [3.63, 3.8) is 0 Å². The molecule has 0 saturated carbocycles. The van der Waals surface area contributed by atoms with Crippen molar-refractivity contribution in [2.75, 3.05) is 13.2 Å². The van der Waals surface area contributed by atoms with E-state index in [1.54, 1.807) is 0 Å². The maximum atomic E-state index is 12.6. The van der Waals surface area contributed by atoms with Crippen molar-refractivity contribution >= 4 is 16.8 Å². The number of aromatic nitrogens is 1. The molecule has 1 N–H and O–H groups in total. The van der Waals surface area contributed by atoms with Gasteiger partial charge in [0, 0.05) is 30.7 Å². The van der Waals surface area contributed by atoms with Gasteiger partial charge in [-0.25, -0.2) is 0 Å². The van der Waals surface area contributed by atoms with Crippen LogP contribution in [0.2, 0.25) is 0 Å². The van der Waals surface area contributed by atoms with Gasteiger partial charge in [-0.2, -0.15) is 0 Å². The molecule has 3 aromatic rings. The lowest BCUT2D eigenvalue weighted by atomic mass is 9.97. The maximum absolute atomic E-state index is 12.6. The molecule has 0 unspecified atom stereocenters. The molecule has 0 radical (unpaired) electrons. The second-order valence-corrected chi connectivity index (χ2v) is 6.19. The molecule has 4 rings (SSSR count). The molecular weight excluding hydrogens is 300 g/mol. The lowest BCUT2D eigenvalue weighted by Crippen LogP contribution is -2.31. The normalized spacial score (nSPS) is 16.8. The molecule has 1 aromatic heterocycles. The molecule has 4 nitrogen and oxygen atoms in total. The van der Waals surface area contributed by atoms with E-state index in [9.17, 15) is 4.79 Å². The number of rotatable bonds is 3. The highest BCUT2D eigenvalue weighted by molar-refractivity contribution is 6.06. The van der Waals surface area contributed by atoms with Crippen molar-refractivity contribution in [2.45, 2.75) is 12.5 Å². The van der Waals surface area contributed by atoms with Crippen molar-refractivity contribution < 1.29 is 9.53 Å². The quantitative estimate of drug-likeness (QED) is 0.805. The Kier molecular flexibility index (Phi) is 3.82. The number of benzene rings is 2. The zero-order valence-electron chi connectivity index (χ0n) is 13.7. The highest BCUT2D eigenvalue weighted by Crippen LogP contribution is 2.26. The summed E-state index contributed by atoms with van der Waals surface area (Å²) in [5.74, 6) is -0.0570. The number of hydrogen-bond donors (Lipinski definition) is 1. The van der Waals surface area contributed by atoms with Gasteiger partial charge in [-0.3, -0.25) is 4.79 Å². The SMILES string of the molecule is Cn1cc(C(=O)NC[C@@H]2OCCc3ccccc32)c2ccccc21. The van der Waals surface area contributed by atoms with E-state index in [4.69, 9.17) is 4.74 Å². The van der Waals surface area contributed by atoms with Gasteiger partial charge < -0.3 is 14.6 Å². The van der Waals surface area contributed by atoms with Crippen LogP contribution in [0.25, 0.3) is 10.9 Å². The number of fused-ring (bicyclic) bond motifs is 2. The Morgan fingerprint density at radius 1 is 1.21 bits per heavy atom. The van der Waals surface area contributed by atoms with Crippen molar-refractivity contribution in [1.82, 2.24) is 9.88 Å². The molecule has 0 bridgehead atoms. The fraction of sp³-hybridized carbons (Fsp3) is 0.250. The van der Waals surface area contributed by atoms with Crippen LogP contribution in [0.15, 0.2) is 54.7 Å². The van der Waals surface area contributed by atoms with E-state index in [1.807, 2.05) is 48.1 Å². The van der Waals surface area contributed by atoms with Crippen molar-refractivity contribution in [3.05, 3.63) is 71.4 Å². The fourth-order valence-electron chi connectivity index (χ4n) is 3.45. The Bertz CT molecular complexity index is 898. The molecule has 122 valence electrons. The van der Waals surface area contributed by atoms with E-state index >= 15 is 0 Å². The van der Waals surface area contributed by atoms with E-state index < -0.39 is 0 Å². The highest BCUT2D eigenvalue weighted by atomic mass is 16.5. The molecule has 0 saturated heterocycles. The number of carbonyl (C=O) groups excluding carboxylic acids is 1. The van der Waals surface area contributed by atoms with Crippen LogP contribution in [0.1, 0.15) is 27.6 Å². The summed E-state index contributed by atoms with van der Waals surface area (Å²) in [5, 5.41) is 4.01. The van der Waals surface area contributed by atoms with Crippen LogP contribution in [0.4, 0.5) is 0 Å². The molecule has 1 aliphatic rings. The summed E-state index contributed by atoms with van der Waals surface area (Å²) >= 11 is 0. The number of ether oxygens (including phenoxy) is 1. The van der Waals surface area contributed by atoms with E-state index in [-0.39, 0.29) is 12.0 Å². The predicted molar refractivity (Wildman–Crippen MR) is 94.1 cm³/mol. The first kappa shape index (κ1) is 15.0. The lowest BCUT2D eigenvalue weighted by Gasteiger charge is -2.26. The standard InChI is InChI=1S/C20H20N2O2/c1-22-13-17(16-8-4-5-9-18(16)22)20(23)21-12-19-15-7-3-2-6-14(15)10-11-24-19/h2-9,13,19H,10-12H2,1H3,(H,21,23)/t19-/m0/s1. The van der Waals surface area contributed by atoms with Gasteiger partial charge in [-0.05, 0) is 23.6 Å². The Labute approximate surface area is 141 Å². The number of carbonyl (C=O) groups is 1. The molecule has 0 aliphatic carbocycles. The van der Waals surface area contributed by atoms with Crippen molar-refractivity contribution in [1.29, 1.82) is 0 Å². The minimum Gasteiger partial charge on any atom is -0.371 e. The molecule has 1 aliphatic heterocycles. The summed E-state index contributed by atoms with van der Waals surface area (Å²) in [5.41, 5.74) is 4.26. The number of nitrogens with zero attached hydrogens (tertiary/aromatic N) is 1. The van der Waals surface area contributed by atoms with Crippen molar-refractivity contribution in [3.8, 4) is 0 Å². The Hall–Kier alpha value is -2.59. The summed E-state index contributed by atoms with van der Waals surface area (Å²) < 4.78 is 7.85. The van der Waals surface area contributed by atoms with E-state index in [0.717, 1.165) is 17.3 Å². The van der Waals surface area contributed by atoms with Gasteiger partial charge in [-0.1, -0.05) is 42.5 Å². The molecule has 0 fully saturated rings. The second kappa shape index (κ2) is 6.13. The molecule has 4 heteroatoms. The first-order chi connectivity index (χ1) is 11.7. The summed E-state index contributed by atoms with van der Waals surface area (Å²) in [7, 11) is 1.96. The molecule has 2 heterocycles. The zero-order chi connectivity index (χ0) is 16.5. The van der Waals surface area contributed by atoms with Gasteiger partial charge in [-0.15, -0.1) is 0 Å². The number of aryl methyl sites for hydroxylation is 1. The maximum Gasteiger partial charge on any atom is 0.253 e. The Morgan fingerprint density at radius 2 is 2.00 bits per heavy atom. The average Bonchev–Trinajstić information content (AvgIpc) is 2.97. The molecule has 2 aromatic carbocycles. The predicted octanol–water partition coefficient (Wildman–Crippen LogP) is 3.22. The van der Waals surface area contributed by atoms with E-state index in [0.29, 0.717) is 18.7 Å². The van der Waals surface area contributed by atoms with Gasteiger partial charge in [0.2, 0.25) is 0 Å². The monoisotopic (exact) mass is 320 g/mol. The average molecular weight is 320 g/mol. The van der Waals surface area contributed by atoms with Crippen LogP contribution in [-0.4, -0.2) is 23.6 Å². The largest absolute Gasteiger partial charge is 0.371 e. The second-order valence-electron chi connectivity index (χ2n) is 6.19. The minimum atomic E-state index is -0.0751. The van der Waals surface area contributed by atoms with E-state index in [1.165, 1.54) is 11.1 Å². The van der Waals surface area contributed by atoms with Gasteiger partial charge in [0.1, 0.15) is 6.10 Å². The van der Waals surface area contributed by atoms with Crippen LogP contribution in [0.3, 0.4) is 0 Å². The fourth-order valence-corrected chi connectivity index (χ4v) is 3.45. The third-order valence-corrected chi connectivity index (χ3v) is 4.68.